The molecule has 110 valence electrons. The molecule has 3 N–H and O–H groups in total. The molecule has 1 heterocycles. The van der Waals surface area contributed by atoms with Crippen molar-refractivity contribution in [1.82, 2.24) is 10.2 Å². The fourth-order valence-corrected chi connectivity index (χ4v) is 2.20. The van der Waals surface area contributed by atoms with Crippen LogP contribution in [0.3, 0.4) is 0 Å². The number of urea groups is 1. The van der Waals surface area contributed by atoms with Crippen LogP contribution in [0.15, 0.2) is 0 Å². The molecule has 1 aliphatic heterocycles. The molecule has 2 atom stereocenters. The van der Waals surface area contributed by atoms with Gasteiger partial charge in [-0.05, 0) is 18.3 Å². The summed E-state index contributed by atoms with van der Waals surface area (Å²) in [5, 5.41) is 2.53. The summed E-state index contributed by atoms with van der Waals surface area (Å²) in [5.41, 5.74) is 4.75. The Morgan fingerprint density at radius 2 is 2.11 bits per heavy atom. The molecule has 0 aromatic rings. The van der Waals surface area contributed by atoms with Gasteiger partial charge in [-0.1, -0.05) is 20.8 Å². The number of amides is 3. The molecule has 19 heavy (non-hydrogen) atoms. The maximum atomic E-state index is 12.4. The van der Waals surface area contributed by atoms with Crippen LogP contribution < -0.4 is 11.1 Å². The van der Waals surface area contributed by atoms with Crippen molar-refractivity contribution in [2.75, 3.05) is 20.2 Å². The Morgan fingerprint density at radius 1 is 1.47 bits per heavy atom. The van der Waals surface area contributed by atoms with E-state index in [2.05, 4.69) is 5.32 Å². The van der Waals surface area contributed by atoms with E-state index in [1.807, 2.05) is 20.8 Å². The smallest absolute Gasteiger partial charge is 0.312 e. The SMILES string of the molecule is CN(C[C@H]1CCCO1)C(=O)[C@@H](NC(N)=O)C(C)(C)C. The second-order valence-corrected chi connectivity index (χ2v) is 6.16. The molecular weight excluding hydrogens is 246 g/mol. The molecule has 0 saturated carbocycles. The van der Waals surface area contributed by atoms with Crippen LogP contribution >= 0.6 is 0 Å². The molecule has 0 aliphatic carbocycles. The molecule has 6 heteroatoms. The number of primary amides is 1. The molecule has 0 spiro atoms. The third-order valence-electron chi connectivity index (χ3n) is 3.28. The van der Waals surface area contributed by atoms with Crippen molar-refractivity contribution in [3.05, 3.63) is 0 Å². The lowest BCUT2D eigenvalue weighted by Gasteiger charge is -2.33. The molecule has 1 saturated heterocycles. The first kappa shape index (κ1) is 15.8. The summed E-state index contributed by atoms with van der Waals surface area (Å²) in [6, 6.07) is -1.31. The number of hydrogen-bond acceptors (Lipinski definition) is 3. The first-order valence-corrected chi connectivity index (χ1v) is 6.64. The maximum Gasteiger partial charge on any atom is 0.312 e. The van der Waals surface area contributed by atoms with Crippen LogP contribution in [0.2, 0.25) is 0 Å². The Kier molecular flexibility index (Phi) is 5.17. The van der Waals surface area contributed by atoms with Crippen LogP contribution in [0.1, 0.15) is 33.6 Å². The van der Waals surface area contributed by atoms with Crippen LogP contribution in [-0.2, 0) is 9.53 Å². The normalized spacial score (nSPS) is 20.9. The molecule has 0 radical (unpaired) electrons. The lowest BCUT2D eigenvalue weighted by Crippen LogP contribution is -2.56. The lowest BCUT2D eigenvalue weighted by atomic mass is 9.86. The minimum atomic E-state index is -0.682. The fourth-order valence-electron chi connectivity index (χ4n) is 2.20. The van der Waals surface area contributed by atoms with E-state index in [1.54, 1.807) is 11.9 Å². The van der Waals surface area contributed by atoms with E-state index >= 15 is 0 Å². The van der Waals surface area contributed by atoms with Crippen LogP contribution in [0.25, 0.3) is 0 Å². The second kappa shape index (κ2) is 6.23. The van der Waals surface area contributed by atoms with Gasteiger partial charge < -0.3 is 20.7 Å². The highest BCUT2D eigenvalue weighted by Gasteiger charge is 2.35. The average molecular weight is 271 g/mol. The van der Waals surface area contributed by atoms with E-state index in [9.17, 15) is 9.59 Å². The van der Waals surface area contributed by atoms with E-state index in [0.717, 1.165) is 19.4 Å². The zero-order valence-electron chi connectivity index (χ0n) is 12.2. The average Bonchev–Trinajstić information content (AvgIpc) is 2.75. The van der Waals surface area contributed by atoms with Crippen molar-refractivity contribution in [3.8, 4) is 0 Å². The number of rotatable bonds is 4. The van der Waals surface area contributed by atoms with Gasteiger partial charge in [-0.15, -0.1) is 0 Å². The lowest BCUT2D eigenvalue weighted by molar-refractivity contribution is -0.135. The molecule has 3 amide bonds. The van der Waals surface area contributed by atoms with Crippen molar-refractivity contribution in [2.24, 2.45) is 11.1 Å². The maximum absolute atomic E-state index is 12.4. The minimum absolute atomic E-state index is 0.100. The summed E-state index contributed by atoms with van der Waals surface area (Å²) in [5.74, 6) is -0.137. The Labute approximate surface area is 114 Å². The summed E-state index contributed by atoms with van der Waals surface area (Å²) in [6.07, 6.45) is 2.11. The van der Waals surface area contributed by atoms with Gasteiger partial charge in [0, 0.05) is 20.2 Å². The first-order valence-electron chi connectivity index (χ1n) is 6.64. The van der Waals surface area contributed by atoms with Crippen molar-refractivity contribution in [2.45, 2.75) is 45.8 Å². The Balaban J connectivity index is 2.66. The summed E-state index contributed by atoms with van der Waals surface area (Å²) in [4.78, 5) is 25.1. The van der Waals surface area contributed by atoms with Gasteiger partial charge in [0.2, 0.25) is 5.91 Å². The molecule has 1 fully saturated rings. The number of hydrogen-bond donors (Lipinski definition) is 2. The molecule has 1 rings (SSSR count). The van der Waals surface area contributed by atoms with Gasteiger partial charge in [0.1, 0.15) is 6.04 Å². The van der Waals surface area contributed by atoms with Gasteiger partial charge in [-0.2, -0.15) is 0 Å². The van der Waals surface area contributed by atoms with Gasteiger partial charge in [-0.25, -0.2) is 4.79 Å². The highest BCUT2D eigenvalue weighted by atomic mass is 16.5. The van der Waals surface area contributed by atoms with E-state index in [-0.39, 0.29) is 12.0 Å². The summed E-state index contributed by atoms with van der Waals surface area (Å²) >= 11 is 0. The number of nitrogens with zero attached hydrogens (tertiary/aromatic N) is 1. The first-order chi connectivity index (χ1) is 8.71. The number of nitrogens with two attached hydrogens (primary N) is 1. The third kappa shape index (κ3) is 4.70. The van der Waals surface area contributed by atoms with Gasteiger partial charge in [-0.3, -0.25) is 4.79 Å². The molecule has 0 bridgehead atoms. The van der Waals surface area contributed by atoms with E-state index < -0.39 is 17.5 Å². The van der Waals surface area contributed by atoms with Gasteiger partial charge >= 0.3 is 6.03 Å². The van der Waals surface area contributed by atoms with Crippen molar-refractivity contribution in [3.63, 3.8) is 0 Å². The van der Waals surface area contributed by atoms with Gasteiger partial charge in [0.15, 0.2) is 0 Å². The van der Waals surface area contributed by atoms with Crippen LogP contribution in [0.5, 0.6) is 0 Å². The van der Waals surface area contributed by atoms with E-state index in [0.29, 0.717) is 6.54 Å². The fraction of sp³-hybridized carbons (Fsp3) is 0.846. The second-order valence-electron chi connectivity index (χ2n) is 6.16. The molecule has 0 aromatic heterocycles. The zero-order chi connectivity index (χ0) is 14.6. The topological polar surface area (TPSA) is 84.7 Å². The minimum Gasteiger partial charge on any atom is -0.376 e. The zero-order valence-corrected chi connectivity index (χ0v) is 12.2. The summed E-state index contributed by atoms with van der Waals surface area (Å²) in [7, 11) is 1.73. The molecular formula is C13H25N3O3. The number of nitrogens with one attached hydrogen (secondary N) is 1. The highest BCUT2D eigenvalue weighted by molar-refractivity contribution is 5.87. The molecule has 0 aromatic carbocycles. The van der Waals surface area contributed by atoms with E-state index in [4.69, 9.17) is 10.5 Å². The van der Waals surface area contributed by atoms with Gasteiger partial charge in [0.25, 0.3) is 0 Å². The molecule has 6 nitrogen and oxygen atoms in total. The Morgan fingerprint density at radius 3 is 2.53 bits per heavy atom. The Bertz CT molecular complexity index is 333. The van der Waals surface area contributed by atoms with Crippen molar-refractivity contribution >= 4 is 11.9 Å². The van der Waals surface area contributed by atoms with Crippen LogP contribution in [-0.4, -0.2) is 49.2 Å². The number of carbonyl (C=O) groups excluding carboxylic acids is 2. The predicted octanol–water partition coefficient (Wildman–Crippen LogP) is 0.707. The number of ether oxygens (including phenoxy) is 1. The summed E-state index contributed by atoms with van der Waals surface area (Å²) in [6.45, 7) is 6.99. The van der Waals surface area contributed by atoms with Crippen molar-refractivity contribution < 1.29 is 14.3 Å². The highest BCUT2D eigenvalue weighted by Crippen LogP contribution is 2.21. The molecule has 1 aliphatic rings. The summed E-state index contributed by atoms with van der Waals surface area (Å²) < 4.78 is 5.51. The quantitative estimate of drug-likeness (QED) is 0.789. The predicted molar refractivity (Wildman–Crippen MR) is 72.6 cm³/mol. The van der Waals surface area contributed by atoms with Gasteiger partial charge in [0.05, 0.1) is 6.10 Å². The monoisotopic (exact) mass is 271 g/mol. The van der Waals surface area contributed by atoms with Crippen LogP contribution in [0, 0.1) is 5.41 Å². The molecule has 0 unspecified atom stereocenters. The largest absolute Gasteiger partial charge is 0.376 e. The Hall–Kier alpha value is -1.30. The van der Waals surface area contributed by atoms with E-state index in [1.165, 1.54) is 0 Å². The number of likely N-dealkylation sites (N-methyl/N-ethyl adjacent to an activating group) is 1. The number of carbonyl (C=O) groups is 2. The third-order valence-corrected chi connectivity index (χ3v) is 3.28. The standard InChI is InChI=1S/C13H25N3O3/c1-13(2,3)10(15-12(14)18)11(17)16(4)8-9-6-5-7-19-9/h9-10H,5-8H2,1-4H3,(H3,14,15,18)/t9-,10-/m1/s1. The van der Waals surface area contributed by atoms with Crippen molar-refractivity contribution in [1.29, 1.82) is 0 Å². The van der Waals surface area contributed by atoms with Crippen LogP contribution in [0.4, 0.5) is 4.79 Å².